The Bertz CT molecular complexity index is 656. The highest BCUT2D eigenvalue weighted by molar-refractivity contribution is 6.31. The van der Waals surface area contributed by atoms with Crippen LogP contribution in [-0.4, -0.2) is 13.0 Å². The second-order valence-corrected chi connectivity index (χ2v) is 4.72. The molecule has 0 saturated carbocycles. The fourth-order valence-corrected chi connectivity index (χ4v) is 2.03. The van der Waals surface area contributed by atoms with E-state index in [9.17, 15) is 4.79 Å². The van der Waals surface area contributed by atoms with Gasteiger partial charge in [-0.25, -0.2) is 0 Å². The molecular weight excluding hydrogens is 276 g/mol. The van der Waals surface area contributed by atoms with Gasteiger partial charge in [-0.2, -0.15) is 0 Å². The number of carbonyl (C=O) groups excluding carboxylic acids is 1. The van der Waals surface area contributed by atoms with E-state index in [1.54, 1.807) is 18.2 Å². The number of nitrogens with two attached hydrogens (primary N) is 1. The molecule has 4 nitrogen and oxygen atoms in total. The molecule has 2 rings (SSSR count). The molecule has 0 radical (unpaired) electrons. The van der Waals surface area contributed by atoms with Gasteiger partial charge in [0.05, 0.1) is 18.4 Å². The predicted octanol–water partition coefficient (Wildman–Crippen LogP) is 3.50. The van der Waals surface area contributed by atoms with E-state index in [4.69, 9.17) is 22.1 Å². The van der Waals surface area contributed by atoms with E-state index in [1.165, 1.54) is 7.11 Å². The van der Waals surface area contributed by atoms with Crippen molar-refractivity contribution >= 4 is 28.9 Å². The first kappa shape index (κ1) is 14.2. The lowest BCUT2D eigenvalue weighted by molar-refractivity contribution is 0.100. The van der Waals surface area contributed by atoms with Crippen LogP contribution in [0.1, 0.15) is 15.9 Å². The zero-order valence-electron chi connectivity index (χ0n) is 11.2. The zero-order chi connectivity index (χ0) is 14.7. The van der Waals surface area contributed by atoms with Crippen LogP contribution in [0.4, 0.5) is 11.4 Å². The fraction of sp³-hybridized carbons (Fsp3) is 0.133. The van der Waals surface area contributed by atoms with Crippen molar-refractivity contribution in [1.82, 2.24) is 0 Å². The summed E-state index contributed by atoms with van der Waals surface area (Å²) in [7, 11) is 1.54. The van der Waals surface area contributed by atoms with Crippen LogP contribution >= 0.6 is 11.6 Å². The molecule has 0 atom stereocenters. The minimum Gasteiger partial charge on any atom is -0.497 e. The van der Waals surface area contributed by atoms with Gasteiger partial charge < -0.3 is 15.8 Å². The lowest BCUT2D eigenvalue weighted by Gasteiger charge is -2.14. The summed E-state index contributed by atoms with van der Waals surface area (Å²) in [5.74, 6) is 0.0539. The van der Waals surface area contributed by atoms with Crippen LogP contribution in [0.15, 0.2) is 36.4 Å². The third kappa shape index (κ3) is 2.86. The van der Waals surface area contributed by atoms with Crippen LogP contribution in [0.3, 0.4) is 0 Å². The second kappa shape index (κ2) is 5.84. The molecule has 2 aromatic carbocycles. The number of primary amides is 1. The molecule has 5 heteroatoms. The van der Waals surface area contributed by atoms with E-state index < -0.39 is 5.91 Å². The molecule has 0 aliphatic carbocycles. The van der Waals surface area contributed by atoms with Gasteiger partial charge in [0, 0.05) is 10.7 Å². The molecule has 104 valence electrons. The third-order valence-electron chi connectivity index (χ3n) is 3.03. The fourth-order valence-electron chi connectivity index (χ4n) is 1.85. The Hall–Kier alpha value is -2.20. The van der Waals surface area contributed by atoms with Crippen molar-refractivity contribution in [3.05, 3.63) is 52.5 Å². The molecule has 20 heavy (non-hydrogen) atoms. The van der Waals surface area contributed by atoms with Crippen LogP contribution in [-0.2, 0) is 0 Å². The molecule has 3 N–H and O–H groups in total. The molecule has 0 bridgehead atoms. The van der Waals surface area contributed by atoms with Gasteiger partial charge in [0.2, 0.25) is 0 Å². The summed E-state index contributed by atoms with van der Waals surface area (Å²) >= 11 is 6.08. The lowest BCUT2D eigenvalue weighted by Crippen LogP contribution is -2.13. The zero-order valence-corrected chi connectivity index (χ0v) is 12.0. The van der Waals surface area contributed by atoms with E-state index in [0.717, 1.165) is 11.3 Å². The van der Waals surface area contributed by atoms with E-state index in [-0.39, 0.29) is 0 Å². The molecule has 0 spiro atoms. The molecule has 0 aromatic heterocycles. The predicted molar refractivity (Wildman–Crippen MR) is 81.0 cm³/mol. The molecule has 1 amide bonds. The van der Waals surface area contributed by atoms with Gasteiger partial charge in [0.25, 0.3) is 5.91 Å². The van der Waals surface area contributed by atoms with Gasteiger partial charge in [-0.15, -0.1) is 0 Å². The molecular formula is C15H15ClN2O2. The molecule has 2 aromatic rings. The van der Waals surface area contributed by atoms with Crippen LogP contribution in [0, 0.1) is 6.92 Å². The van der Waals surface area contributed by atoms with Crippen LogP contribution in [0.2, 0.25) is 5.02 Å². The summed E-state index contributed by atoms with van der Waals surface area (Å²) in [6.45, 7) is 1.90. The maximum absolute atomic E-state index is 11.5. The third-order valence-corrected chi connectivity index (χ3v) is 3.44. The van der Waals surface area contributed by atoms with Crippen LogP contribution in [0.25, 0.3) is 0 Å². The van der Waals surface area contributed by atoms with Crippen molar-refractivity contribution in [1.29, 1.82) is 0 Å². The number of methoxy groups -OCH3 is 1. The summed E-state index contributed by atoms with van der Waals surface area (Å²) in [4.78, 5) is 11.5. The van der Waals surface area contributed by atoms with Gasteiger partial charge in [-0.05, 0) is 42.8 Å². The minimum absolute atomic E-state index is 0.365. The number of benzene rings is 2. The number of carbonyl (C=O) groups is 1. The summed E-state index contributed by atoms with van der Waals surface area (Å²) < 4.78 is 5.10. The van der Waals surface area contributed by atoms with E-state index in [2.05, 4.69) is 5.32 Å². The van der Waals surface area contributed by atoms with Crippen molar-refractivity contribution in [2.75, 3.05) is 12.4 Å². The van der Waals surface area contributed by atoms with Crippen LogP contribution < -0.4 is 15.8 Å². The smallest absolute Gasteiger partial charge is 0.250 e. The van der Waals surface area contributed by atoms with Crippen LogP contribution in [0.5, 0.6) is 5.75 Å². The highest BCUT2D eigenvalue weighted by Crippen LogP contribution is 2.29. The second-order valence-electron chi connectivity index (χ2n) is 4.31. The lowest BCUT2D eigenvalue weighted by atomic mass is 10.1. The molecule has 0 aliphatic heterocycles. The van der Waals surface area contributed by atoms with Crippen molar-refractivity contribution in [3.8, 4) is 5.75 Å². The highest BCUT2D eigenvalue weighted by atomic mass is 35.5. The average Bonchev–Trinajstić information content (AvgIpc) is 2.44. The number of amides is 1. The standard InChI is InChI=1S/C15H15ClN2O2/c1-9-12(16)4-3-5-13(9)18-14-7-6-10(20-2)8-11(14)15(17)19/h3-8,18H,1-2H3,(H2,17,19). The van der Waals surface area contributed by atoms with E-state index in [0.29, 0.717) is 22.0 Å². The van der Waals surface area contributed by atoms with Crippen molar-refractivity contribution in [2.24, 2.45) is 5.73 Å². The highest BCUT2D eigenvalue weighted by Gasteiger charge is 2.11. The first-order chi connectivity index (χ1) is 9.52. The van der Waals surface area contributed by atoms with Crippen molar-refractivity contribution in [2.45, 2.75) is 6.92 Å². The molecule has 0 saturated heterocycles. The number of anilines is 2. The Morgan fingerprint density at radius 3 is 2.65 bits per heavy atom. The molecule has 0 fully saturated rings. The van der Waals surface area contributed by atoms with Gasteiger partial charge in [0.15, 0.2) is 0 Å². The Labute approximate surface area is 122 Å². The monoisotopic (exact) mass is 290 g/mol. The maximum atomic E-state index is 11.5. The Morgan fingerprint density at radius 2 is 2.00 bits per heavy atom. The number of hydrogen-bond donors (Lipinski definition) is 2. The van der Waals surface area contributed by atoms with Gasteiger partial charge in [-0.3, -0.25) is 4.79 Å². The summed E-state index contributed by atoms with van der Waals surface area (Å²) in [5, 5.41) is 3.83. The summed E-state index contributed by atoms with van der Waals surface area (Å²) in [6, 6.07) is 10.6. The summed E-state index contributed by atoms with van der Waals surface area (Å²) in [5.41, 5.74) is 8.11. The Morgan fingerprint density at radius 1 is 1.25 bits per heavy atom. The van der Waals surface area contributed by atoms with Gasteiger partial charge >= 0.3 is 0 Å². The quantitative estimate of drug-likeness (QED) is 0.906. The SMILES string of the molecule is COc1ccc(Nc2cccc(Cl)c2C)c(C(N)=O)c1. The topological polar surface area (TPSA) is 64.3 Å². The number of nitrogens with one attached hydrogen (secondary N) is 1. The normalized spacial score (nSPS) is 10.2. The van der Waals surface area contributed by atoms with Gasteiger partial charge in [-0.1, -0.05) is 17.7 Å². The molecule has 0 heterocycles. The number of halogens is 1. The molecule has 0 aliphatic rings. The largest absolute Gasteiger partial charge is 0.497 e. The Balaban J connectivity index is 2.43. The number of rotatable bonds is 4. The van der Waals surface area contributed by atoms with Gasteiger partial charge in [0.1, 0.15) is 5.75 Å². The number of ether oxygens (including phenoxy) is 1. The number of hydrogen-bond acceptors (Lipinski definition) is 3. The van der Waals surface area contributed by atoms with Crippen molar-refractivity contribution in [3.63, 3.8) is 0 Å². The molecule has 0 unspecified atom stereocenters. The van der Waals surface area contributed by atoms with Crippen molar-refractivity contribution < 1.29 is 9.53 Å². The first-order valence-corrected chi connectivity index (χ1v) is 6.40. The minimum atomic E-state index is -0.522. The maximum Gasteiger partial charge on any atom is 0.250 e. The summed E-state index contributed by atoms with van der Waals surface area (Å²) in [6.07, 6.45) is 0. The Kier molecular flexibility index (Phi) is 4.15. The first-order valence-electron chi connectivity index (χ1n) is 6.03. The average molecular weight is 291 g/mol. The van der Waals surface area contributed by atoms with E-state index >= 15 is 0 Å². The van der Waals surface area contributed by atoms with E-state index in [1.807, 2.05) is 25.1 Å².